The number of benzene rings is 1. The fourth-order valence-corrected chi connectivity index (χ4v) is 1.74. The van der Waals surface area contributed by atoms with Crippen molar-refractivity contribution in [1.82, 2.24) is 0 Å². The molecule has 0 N–H and O–H groups in total. The molecule has 1 heterocycles. The zero-order valence-corrected chi connectivity index (χ0v) is 7.68. The summed E-state index contributed by atoms with van der Waals surface area (Å²) in [7, 11) is 0. The van der Waals surface area contributed by atoms with E-state index in [4.69, 9.17) is 4.42 Å². The predicted octanol–water partition coefficient (Wildman–Crippen LogP) is 2.06. The molecule has 0 radical (unpaired) electrons. The van der Waals surface area contributed by atoms with Crippen LogP contribution in [0.3, 0.4) is 0 Å². The van der Waals surface area contributed by atoms with Crippen molar-refractivity contribution in [2.75, 3.05) is 0 Å². The molecule has 0 amide bonds. The molecule has 0 saturated carbocycles. The van der Waals surface area contributed by atoms with Gasteiger partial charge in [-0.25, -0.2) is 4.79 Å². The Morgan fingerprint density at radius 3 is 2.92 bits per heavy atom. The van der Waals surface area contributed by atoms with Crippen molar-refractivity contribution in [2.45, 2.75) is 6.92 Å². The zero-order valence-electron chi connectivity index (χ0n) is 6.87. The van der Waals surface area contributed by atoms with E-state index in [9.17, 15) is 9.59 Å². The summed E-state index contributed by atoms with van der Waals surface area (Å²) in [4.78, 5) is 21.5. The molecule has 0 bridgehead atoms. The Kier molecular flexibility index (Phi) is 1.77. The van der Waals surface area contributed by atoms with Crippen LogP contribution in [-0.2, 0) is 0 Å². The molecule has 0 aliphatic heterocycles. The SMILES string of the molecule is CC(=O)c1ccc2sc(=O)oc2c1. The van der Waals surface area contributed by atoms with Crippen molar-refractivity contribution in [3.8, 4) is 0 Å². The summed E-state index contributed by atoms with van der Waals surface area (Å²) in [5.74, 6) is -0.0317. The van der Waals surface area contributed by atoms with Crippen molar-refractivity contribution in [1.29, 1.82) is 0 Å². The highest BCUT2D eigenvalue weighted by atomic mass is 32.1. The zero-order chi connectivity index (χ0) is 9.42. The third-order valence-electron chi connectivity index (χ3n) is 1.74. The molecule has 0 aliphatic rings. The molecule has 0 atom stereocenters. The topological polar surface area (TPSA) is 47.3 Å². The molecule has 4 heteroatoms. The van der Waals surface area contributed by atoms with Gasteiger partial charge in [0.05, 0.1) is 4.70 Å². The normalized spacial score (nSPS) is 10.5. The third kappa shape index (κ3) is 1.40. The van der Waals surface area contributed by atoms with E-state index >= 15 is 0 Å². The maximum atomic E-state index is 11.0. The summed E-state index contributed by atoms with van der Waals surface area (Å²) < 4.78 is 5.64. The van der Waals surface area contributed by atoms with Gasteiger partial charge in [0.15, 0.2) is 5.78 Å². The van der Waals surface area contributed by atoms with E-state index in [1.54, 1.807) is 18.2 Å². The summed E-state index contributed by atoms with van der Waals surface area (Å²) in [5, 5.41) is 0. The van der Waals surface area contributed by atoms with Gasteiger partial charge in [-0.05, 0) is 25.1 Å². The lowest BCUT2D eigenvalue weighted by atomic mass is 10.1. The Hall–Kier alpha value is -1.42. The smallest absolute Gasteiger partial charge is 0.396 e. The second-order valence-corrected chi connectivity index (χ2v) is 3.65. The fourth-order valence-electron chi connectivity index (χ4n) is 1.09. The van der Waals surface area contributed by atoms with Gasteiger partial charge in [0.25, 0.3) is 0 Å². The van der Waals surface area contributed by atoms with Crippen LogP contribution < -0.4 is 4.94 Å². The van der Waals surface area contributed by atoms with E-state index in [-0.39, 0.29) is 10.7 Å². The van der Waals surface area contributed by atoms with Crippen molar-refractivity contribution in [3.63, 3.8) is 0 Å². The van der Waals surface area contributed by atoms with Gasteiger partial charge in [-0.3, -0.25) is 4.79 Å². The molecular formula is C9H6O3S. The molecule has 1 aromatic heterocycles. The minimum absolute atomic E-state index is 0.0317. The average molecular weight is 194 g/mol. The Morgan fingerprint density at radius 1 is 1.46 bits per heavy atom. The summed E-state index contributed by atoms with van der Waals surface area (Å²) in [6.45, 7) is 1.48. The van der Waals surface area contributed by atoms with Crippen LogP contribution in [0, 0.1) is 0 Å². The molecule has 2 rings (SSSR count). The largest absolute Gasteiger partial charge is 0.414 e. The number of Topliss-reactive ketones (excluding diaryl/α,β-unsaturated/α-hetero) is 1. The monoisotopic (exact) mass is 194 g/mol. The molecule has 0 aliphatic carbocycles. The molecule has 2 aromatic rings. The van der Waals surface area contributed by atoms with Crippen LogP contribution in [0.1, 0.15) is 17.3 Å². The van der Waals surface area contributed by atoms with Gasteiger partial charge in [0.1, 0.15) is 5.58 Å². The highest BCUT2D eigenvalue weighted by molar-refractivity contribution is 7.16. The molecule has 66 valence electrons. The lowest BCUT2D eigenvalue weighted by Gasteiger charge is -1.92. The van der Waals surface area contributed by atoms with Crippen molar-refractivity contribution >= 4 is 27.4 Å². The molecule has 0 fully saturated rings. The van der Waals surface area contributed by atoms with Crippen LogP contribution in [0.2, 0.25) is 0 Å². The minimum Gasteiger partial charge on any atom is -0.414 e. The van der Waals surface area contributed by atoms with Crippen LogP contribution in [0.5, 0.6) is 0 Å². The number of carbonyl (C=O) groups excluding carboxylic acids is 1. The number of hydrogen-bond donors (Lipinski definition) is 0. The molecular weight excluding hydrogens is 188 g/mol. The summed E-state index contributed by atoms with van der Waals surface area (Å²) in [5.41, 5.74) is 1.05. The Balaban J connectivity index is 2.74. The molecule has 3 nitrogen and oxygen atoms in total. The van der Waals surface area contributed by atoms with E-state index in [2.05, 4.69) is 0 Å². The Labute approximate surface area is 77.6 Å². The maximum absolute atomic E-state index is 11.0. The van der Waals surface area contributed by atoms with Gasteiger partial charge in [0.2, 0.25) is 0 Å². The highest BCUT2D eigenvalue weighted by Gasteiger charge is 2.04. The standard InChI is InChI=1S/C9H6O3S/c1-5(10)6-2-3-8-7(4-6)12-9(11)13-8/h2-4H,1H3. The summed E-state index contributed by atoms with van der Waals surface area (Å²) in [6, 6.07) is 5.01. The second-order valence-electron chi connectivity index (χ2n) is 2.67. The molecule has 0 unspecified atom stereocenters. The van der Waals surface area contributed by atoms with E-state index < -0.39 is 0 Å². The third-order valence-corrected chi connectivity index (χ3v) is 2.54. The first kappa shape index (κ1) is 8.19. The van der Waals surface area contributed by atoms with Gasteiger partial charge in [-0.1, -0.05) is 11.3 Å². The molecule has 1 aromatic carbocycles. The summed E-state index contributed by atoms with van der Waals surface area (Å²) >= 11 is 1.04. The van der Waals surface area contributed by atoms with Gasteiger partial charge in [-0.15, -0.1) is 0 Å². The van der Waals surface area contributed by atoms with Gasteiger partial charge in [-0.2, -0.15) is 0 Å². The van der Waals surface area contributed by atoms with Crippen molar-refractivity contribution < 1.29 is 9.21 Å². The first-order valence-electron chi connectivity index (χ1n) is 3.71. The number of ketones is 1. The second kappa shape index (κ2) is 2.81. The van der Waals surface area contributed by atoms with Crippen LogP contribution in [0.25, 0.3) is 10.3 Å². The molecule has 0 saturated heterocycles. The lowest BCUT2D eigenvalue weighted by molar-refractivity contribution is 0.101. The Morgan fingerprint density at radius 2 is 2.23 bits per heavy atom. The van der Waals surface area contributed by atoms with Gasteiger partial charge in [0, 0.05) is 5.56 Å². The van der Waals surface area contributed by atoms with Crippen LogP contribution >= 0.6 is 11.3 Å². The molecule has 13 heavy (non-hydrogen) atoms. The fraction of sp³-hybridized carbons (Fsp3) is 0.111. The molecule has 0 spiro atoms. The van der Waals surface area contributed by atoms with Gasteiger partial charge < -0.3 is 4.42 Å². The Bertz CT molecular complexity index is 521. The number of fused-ring (bicyclic) bond motifs is 1. The average Bonchev–Trinajstić information content (AvgIpc) is 2.42. The van der Waals surface area contributed by atoms with Crippen LogP contribution in [0.15, 0.2) is 27.4 Å². The number of hydrogen-bond acceptors (Lipinski definition) is 4. The summed E-state index contributed by atoms with van der Waals surface area (Å²) in [6.07, 6.45) is 0. The number of carbonyl (C=O) groups is 1. The number of rotatable bonds is 1. The maximum Gasteiger partial charge on any atom is 0.396 e. The highest BCUT2D eigenvalue weighted by Crippen LogP contribution is 2.18. The predicted molar refractivity (Wildman–Crippen MR) is 50.4 cm³/mol. The van der Waals surface area contributed by atoms with Crippen LogP contribution in [-0.4, -0.2) is 5.78 Å². The first-order chi connectivity index (χ1) is 6.16. The first-order valence-corrected chi connectivity index (χ1v) is 4.53. The van der Waals surface area contributed by atoms with E-state index in [0.29, 0.717) is 11.1 Å². The van der Waals surface area contributed by atoms with Crippen LogP contribution in [0.4, 0.5) is 0 Å². The lowest BCUT2D eigenvalue weighted by Crippen LogP contribution is -1.89. The minimum atomic E-state index is -0.337. The van der Waals surface area contributed by atoms with E-state index in [1.807, 2.05) is 0 Å². The van der Waals surface area contributed by atoms with Crippen molar-refractivity contribution in [3.05, 3.63) is 33.5 Å². The quantitative estimate of drug-likeness (QED) is 0.653. The van der Waals surface area contributed by atoms with E-state index in [1.165, 1.54) is 6.92 Å². The van der Waals surface area contributed by atoms with E-state index in [0.717, 1.165) is 16.0 Å². The van der Waals surface area contributed by atoms with Crippen molar-refractivity contribution in [2.24, 2.45) is 0 Å². The van der Waals surface area contributed by atoms with Gasteiger partial charge >= 0.3 is 4.94 Å².